The average Bonchev–Trinajstić information content (AvgIpc) is 2.14. The van der Waals surface area contributed by atoms with E-state index >= 15 is 0 Å². The van der Waals surface area contributed by atoms with Crippen LogP contribution in [0.4, 0.5) is 0 Å². The summed E-state index contributed by atoms with van der Waals surface area (Å²) in [5, 5.41) is 0. The summed E-state index contributed by atoms with van der Waals surface area (Å²) in [6, 6.07) is 0.743. The lowest BCUT2D eigenvalue weighted by Crippen LogP contribution is -2.48. The Kier molecular flexibility index (Phi) is 4.70. The number of nitrogens with two attached hydrogens (primary N) is 1. The summed E-state index contributed by atoms with van der Waals surface area (Å²) in [5.41, 5.74) is 5.59. The zero-order chi connectivity index (χ0) is 9.68. The number of hydrogen-bond donors (Lipinski definition) is 1. The van der Waals surface area contributed by atoms with E-state index in [0.29, 0.717) is 0 Å². The molecule has 0 saturated carbocycles. The molecule has 1 heterocycles. The molecule has 0 bridgehead atoms. The van der Waals surface area contributed by atoms with Gasteiger partial charge in [0.2, 0.25) is 0 Å². The van der Waals surface area contributed by atoms with E-state index < -0.39 is 0 Å². The van der Waals surface area contributed by atoms with Crippen molar-refractivity contribution in [3.63, 3.8) is 0 Å². The fraction of sp³-hybridized carbons (Fsp3) is 1.00. The highest BCUT2D eigenvalue weighted by atomic mass is 15.2. The van der Waals surface area contributed by atoms with Crippen LogP contribution in [0.25, 0.3) is 0 Å². The van der Waals surface area contributed by atoms with Crippen molar-refractivity contribution in [2.24, 2.45) is 5.73 Å². The topological polar surface area (TPSA) is 32.5 Å². The number of piperidine rings is 1. The molecule has 0 spiro atoms. The summed E-state index contributed by atoms with van der Waals surface area (Å²) in [6.45, 7) is 7.67. The normalized spacial score (nSPS) is 25.4. The molecule has 1 aliphatic rings. The largest absolute Gasteiger partial charge is 0.329 e. The zero-order valence-electron chi connectivity index (χ0n) is 9.00. The summed E-state index contributed by atoms with van der Waals surface area (Å²) in [5.74, 6) is 0. The molecule has 0 aromatic rings. The Labute approximate surface area is 81.9 Å². The van der Waals surface area contributed by atoms with Gasteiger partial charge in [-0.1, -0.05) is 6.92 Å². The highest BCUT2D eigenvalue weighted by Crippen LogP contribution is 2.13. The van der Waals surface area contributed by atoms with Crippen LogP contribution in [-0.4, -0.2) is 55.6 Å². The first-order chi connectivity index (χ1) is 6.27. The fourth-order valence-electron chi connectivity index (χ4n) is 2.20. The predicted octanol–water partition coefficient (Wildman–Crippen LogP) is 0.361. The Balaban J connectivity index is 2.37. The van der Waals surface area contributed by atoms with E-state index in [2.05, 4.69) is 23.8 Å². The Bertz CT molecular complexity index is 138. The van der Waals surface area contributed by atoms with Crippen molar-refractivity contribution in [1.29, 1.82) is 0 Å². The van der Waals surface area contributed by atoms with Gasteiger partial charge < -0.3 is 10.6 Å². The minimum absolute atomic E-state index is 0.743. The molecule has 0 aromatic heterocycles. The molecule has 78 valence electrons. The van der Waals surface area contributed by atoms with Crippen LogP contribution in [0.2, 0.25) is 0 Å². The number of likely N-dealkylation sites (N-methyl/N-ethyl adjacent to an activating group) is 2. The van der Waals surface area contributed by atoms with Crippen molar-refractivity contribution in [2.45, 2.75) is 25.8 Å². The summed E-state index contributed by atoms with van der Waals surface area (Å²) >= 11 is 0. The van der Waals surface area contributed by atoms with Crippen molar-refractivity contribution in [3.8, 4) is 0 Å². The van der Waals surface area contributed by atoms with Crippen LogP contribution in [0.1, 0.15) is 19.8 Å². The quantitative estimate of drug-likeness (QED) is 0.686. The van der Waals surface area contributed by atoms with E-state index in [1.54, 1.807) is 0 Å². The lowest BCUT2D eigenvalue weighted by Gasteiger charge is -2.37. The first-order valence-corrected chi connectivity index (χ1v) is 5.40. The van der Waals surface area contributed by atoms with Crippen LogP contribution in [0.5, 0.6) is 0 Å². The van der Waals surface area contributed by atoms with Gasteiger partial charge in [0.1, 0.15) is 0 Å². The smallest absolute Gasteiger partial charge is 0.0223 e. The van der Waals surface area contributed by atoms with E-state index in [1.807, 2.05) is 0 Å². The van der Waals surface area contributed by atoms with Crippen molar-refractivity contribution >= 4 is 0 Å². The molecule has 0 radical (unpaired) electrons. The van der Waals surface area contributed by atoms with E-state index in [1.165, 1.54) is 25.9 Å². The third-order valence-electron chi connectivity index (χ3n) is 2.94. The summed E-state index contributed by atoms with van der Waals surface area (Å²) in [7, 11) is 2.21. The van der Waals surface area contributed by atoms with Crippen LogP contribution in [0, 0.1) is 0 Å². The predicted molar refractivity (Wildman–Crippen MR) is 56.8 cm³/mol. The van der Waals surface area contributed by atoms with Gasteiger partial charge in [-0.3, -0.25) is 4.90 Å². The minimum Gasteiger partial charge on any atom is -0.329 e. The van der Waals surface area contributed by atoms with Gasteiger partial charge in [-0.15, -0.1) is 0 Å². The second kappa shape index (κ2) is 5.58. The molecule has 1 rings (SSSR count). The maximum Gasteiger partial charge on any atom is 0.0223 e. The lowest BCUT2D eigenvalue weighted by atomic mass is 10.0. The van der Waals surface area contributed by atoms with E-state index in [4.69, 9.17) is 5.73 Å². The van der Waals surface area contributed by atoms with Crippen LogP contribution < -0.4 is 5.73 Å². The molecule has 2 N–H and O–H groups in total. The third-order valence-corrected chi connectivity index (χ3v) is 2.94. The number of likely N-dealkylation sites (tertiary alicyclic amines) is 1. The molecule has 0 unspecified atom stereocenters. The van der Waals surface area contributed by atoms with E-state index in [0.717, 1.165) is 25.7 Å². The third kappa shape index (κ3) is 3.25. The zero-order valence-corrected chi connectivity index (χ0v) is 9.00. The van der Waals surface area contributed by atoms with Gasteiger partial charge in [-0.2, -0.15) is 0 Å². The van der Waals surface area contributed by atoms with Crippen molar-refractivity contribution < 1.29 is 0 Å². The molecule has 1 atom stereocenters. The van der Waals surface area contributed by atoms with E-state index in [9.17, 15) is 0 Å². The molecular formula is C10H23N3. The van der Waals surface area contributed by atoms with Crippen LogP contribution in [-0.2, 0) is 0 Å². The molecule has 3 nitrogen and oxygen atoms in total. The van der Waals surface area contributed by atoms with Crippen LogP contribution >= 0.6 is 0 Å². The molecule has 0 aliphatic carbocycles. The minimum atomic E-state index is 0.743. The molecule has 1 aliphatic heterocycles. The first-order valence-electron chi connectivity index (χ1n) is 5.40. The van der Waals surface area contributed by atoms with Gasteiger partial charge in [-0.05, 0) is 33.0 Å². The summed E-state index contributed by atoms with van der Waals surface area (Å²) < 4.78 is 0. The molecular weight excluding hydrogens is 162 g/mol. The summed E-state index contributed by atoms with van der Waals surface area (Å²) in [6.07, 6.45) is 2.68. The van der Waals surface area contributed by atoms with Crippen LogP contribution in [0.3, 0.4) is 0 Å². The van der Waals surface area contributed by atoms with Gasteiger partial charge in [0.25, 0.3) is 0 Å². The molecule has 1 fully saturated rings. The Morgan fingerprint density at radius 1 is 1.54 bits per heavy atom. The molecule has 0 amide bonds. The second-order valence-electron chi connectivity index (χ2n) is 3.98. The monoisotopic (exact) mass is 185 g/mol. The van der Waals surface area contributed by atoms with Gasteiger partial charge in [-0.25, -0.2) is 0 Å². The fourth-order valence-corrected chi connectivity index (χ4v) is 2.20. The second-order valence-corrected chi connectivity index (χ2v) is 3.98. The highest BCUT2D eigenvalue weighted by molar-refractivity contribution is 4.78. The van der Waals surface area contributed by atoms with Crippen molar-refractivity contribution in [1.82, 2.24) is 9.80 Å². The number of nitrogens with zero attached hydrogens (tertiary/aromatic N) is 2. The Morgan fingerprint density at radius 3 is 2.85 bits per heavy atom. The summed E-state index contributed by atoms with van der Waals surface area (Å²) in [4.78, 5) is 4.93. The Hall–Kier alpha value is -0.120. The number of rotatable bonds is 4. The molecule has 13 heavy (non-hydrogen) atoms. The first kappa shape index (κ1) is 11.0. The average molecular weight is 185 g/mol. The van der Waals surface area contributed by atoms with Gasteiger partial charge in [0.05, 0.1) is 0 Å². The molecule has 0 aromatic carbocycles. The van der Waals surface area contributed by atoms with Crippen molar-refractivity contribution in [3.05, 3.63) is 0 Å². The SMILES string of the molecule is CCN(CCN)[C@@H]1CCCN(C)C1. The number of hydrogen-bond acceptors (Lipinski definition) is 3. The van der Waals surface area contributed by atoms with E-state index in [-0.39, 0.29) is 0 Å². The Morgan fingerprint density at radius 2 is 2.31 bits per heavy atom. The highest BCUT2D eigenvalue weighted by Gasteiger charge is 2.21. The van der Waals surface area contributed by atoms with Gasteiger partial charge in [0, 0.05) is 25.7 Å². The van der Waals surface area contributed by atoms with Gasteiger partial charge in [0.15, 0.2) is 0 Å². The maximum absolute atomic E-state index is 5.59. The molecule has 3 heteroatoms. The van der Waals surface area contributed by atoms with Gasteiger partial charge >= 0.3 is 0 Å². The van der Waals surface area contributed by atoms with Crippen LogP contribution in [0.15, 0.2) is 0 Å². The lowest BCUT2D eigenvalue weighted by molar-refractivity contribution is 0.119. The molecule has 1 saturated heterocycles. The van der Waals surface area contributed by atoms with Crippen molar-refractivity contribution in [2.75, 3.05) is 39.8 Å². The standard InChI is InChI=1S/C10H23N3/c1-3-13(8-6-11)10-5-4-7-12(2)9-10/h10H,3-9,11H2,1-2H3/t10-/m1/s1. The maximum atomic E-state index is 5.59.